The Morgan fingerprint density at radius 3 is 2.82 bits per heavy atom. The van der Waals surface area contributed by atoms with Gasteiger partial charge in [0.15, 0.2) is 0 Å². The molecule has 1 aliphatic carbocycles. The summed E-state index contributed by atoms with van der Waals surface area (Å²) in [6.07, 6.45) is 4.73. The van der Waals surface area contributed by atoms with E-state index in [9.17, 15) is 4.79 Å². The second kappa shape index (κ2) is 4.10. The van der Waals surface area contributed by atoms with Crippen LogP contribution in [0.2, 0.25) is 0 Å². The van der Waals surface area contributed by atoms with Crippen molar-refractivity contribution in [3.05, 3.63) is 35.4 Å². The zero-order valence-electron chi connectivity index (χ0n) is 9.69. The molecule has 1 aliphatic heterocycles. The lowest BCUT2D eigenvalue weighted by Crippen LogP contribution is -2.10. The molecule has 17 heavy (non-hydrogen) atoms. The molecular weight excluding hydrogens is 214 g/mol. The Hall–Kier alpha value is -1.44. The van der Waals surface area contributed by atoms with E-state index in [1.807, 2.05) is 6.07 Å². The Kier molecular flexibility index (Phi) is 2.58. The molecule has 1 saturated carbocycles. The molecule has 1 atom stereocenters. The highest BCUT2D eigenvalue weighted by molar-refractivity contribution is 5.45. The Labute approximate surface area is 101 Å². The molecule has 0 N–H and O–H groups in total. The minimum Gasteiger partial charge on any atom is -0.381 e. The van der Waals surface area contributed by atoms with Crippen LogP contribution in [0.4, 0.5) is 0 Å². The average molecular weight is 229 g/mol. The molecule has 1 aromatic rings. The Morgan fingerprint density at radius 2 is 2.18 bits per heavy atom. The lowest BCUT2D eigenvalue weighted by molar-refractivity contribution is 0.193. The van der Waals surface area contributed by atoms with Crippen molar-refractivity contribution in [3.63, 3.8) is 0 Å². The fourth-order valence-corrected chi connectivity index (χ4v) is 2.70. The summed E-state index contributed by atoms with van der Waals surface area (Å²) < 4.78 is 5.45. The summed E-state index contributed by atoms with van der Waals surface area (Å²) >= 11 is 0. The fourth-order valence-electron chi connectivity index (χ4n) is 2.70. The quantitative estimate of drug-likeness (QED) is 0.590. The van der Waals surface area contributed by atoms with Gasteiger partial charge in [-0.1, -0.05) is 24.3 Å². The molecule has 0 bridgehead atoms. The molecule has 1 saturated heterocycles. The fraction of sp³-hybridized carbons (Fsp3) is 0.500. The predicted molar refractivity (Wildman–Crippen MR) is 63.7 cm³/mol. The van der Waals surface area contributed by atoms with Crippen LogP contribution in [0.15, 0.2) is 29.3 Å². The number of rotatable bonds is 3. The third-order valence-electron chi connectivity index (χ3n) is 3.81. The van der Waals surface area contributed by atoms with Gasteiger partial charge >= 0.3 is 0 Å². The van der Waals surface area contributed by atoms with E-state index in [0.29, 0.717) is 5.92 Å². The summed E-state index contributed by atoms with van der Waals surface area (Å²) in [5, 5.41) is 0. The minimum absolute atomic E-state index is 0.263. The maximum Gasteiger partial charge on any atom is 0.235 e. The van der Waals surface area contributed by atoms with Gasteiger partial charge in [0, 0.05) is 12.5 Å². The molecule has 0 amide bonds. The summed E-state index contributed by atoms with van der Waals surface area (Å²) in [7, 11) is 0. The van der Waals surface area contributed by atoms with E-state index in [-0.39, 0.29) is 5.54 Å². The van der Waals surface area contributed by atoms with Crippen molar-refractivity contribution in [1.29, 1.82) is 0 Å². The summed E-state index contributed by atoms with van der Waals surface area (Å²) in [6.45, 7) is 1.63. The molecule has 1 aromatic carbocycles. The zero-order chi connectivity index (χ0) is 11.7. The first kappa shape index (κ1) is 10.7. The second-order valence-electron chi connectivity index (χ2n) is 4.88. The standard InChI is InChI=1S/C14H15NO2/c16-10-15-14(6-7-14)13-4-2-1-3-12(13)11-5-8-17-9-11/h1-4,11H,5-9H2. The molecule has 0 spiro atoms. The summed E-state index contributed by atoms with van der Waals surface area (Å²) in [5.74, 6) is 0.463. The minimum atomic E-state index is -0.263. The summed E-state index contributed by atoms with van der Waals surface area (Å²) in [5.41, 5.74) is 2.25. The molecule has 1 unspecified atom stereocenters. The highest BCUT2D eigenvalue weighted by atomic mass is 16.5. The average Bonchev–Trinajstić information content (AvgIpc) is 2.94. The van der Waals surface area contributed by atoms with Crippen LogP contribution in [-0.4, -0.2) is 19.3 Å². The van der Waals surface area contributed by atoms with Crippen LogP contribution >= 0.6 is 0 Å². The van der Waals surface area contributed by atoms with Gasteiger partial charge in [0.2, 0.25) is 6.08 Å². The SMILES string of the molecule is O=C=NC1(c2ccccc2C2CCOC2)CC1. The van der Waals surface area contributed by atoms with Crippen LogP contribution in [0, 0.1) is 0 Å². The highest BCUT2D eigenvalue weighted by Gasteiger charge is 2.46. The number of nitrogens with zero attached hydrogens (tertiary/aromatic N) is 1. The van der Waals surface area contributed by atoms with Crippen LogP contribution in [0.1, 0.15) is 36.3 Å². The van der Waals surface area contributed by atoms with Crippen LogP contribution in [0.5, 0.6) is 0 Å². The number of hydrogen-bond acceptors (Lipinski definition) is 3. The van der Waals surface area contributed by atoms with Gasteiger partial charge in [0.05, 0.1) is 12.1 Å². The van der Waals surface area contributed by atoms with Crippen LogP contribution < -0.4 is 0 Å². The van der Waals surface area contributed by atoms with Crippen LogP contribution in [-0.2, 0) is 15.1 Å². The van der Waals surface area contributed by atoms with E-state index in [1.165, 1.54) is 11.1 Å². The topological polar surface area (TPSA) is 38.7 Å². The molecule has 88 valence electrons. The first-order chi connectivity index (χ1) is 8.36. The van der Waals surface area contributed by atoms with Gasteiger partial charge in [-0.25, -0.2) is 4.79 Å². The van der Waals surface area contributed by atoms with Gasteiger partial charge in [0.1, 0.15) is 0 Å². The third kappa shape index (κ3) is 1.82. The molecule has 2 aliphatic rings. The van der Waals surface area contributed by atoms with E-state index in [2.05, 4.69) is 23.2 Å². The Morgan fingerprint density at radius 1 is 1.35 bits per heavy atom. The van der Waals surface area contributed by atoms with E-state index in [4.69, 9.17) is 4.74 Å². The van der Waals surface area contributed by atoms with Gasteiger partial charge in [-0.05, 0) is 30.4 Å². The van der Waals surface area contributed by atoms with E-state index < -0.39 is 0 Å². The second-order valence-corrected chi connectivity index (χ2v) is 4.88. The molecule has 3 heteroatoms. The number of ether oxygens (including phenoxy) is 1. The highest BCUT2D eigenvalue weighted by Crippen LogP contribution is 2.51. The van der Waals surface area contributed by atoms with E-state index >= 15 is 0 Å². The molecule has 2 fully saturated rings. The molecule has 3 nitrogen and oxygen atoms in total. The van der Waals surface area contributed by atoms with Crippen molar-refractivity contribution in [1.82, 2.24) is 0 Å². The van der Waals surface area contributed by atoms with Crippen molar-refractivity contribution in [2.45, 2.75) is 30.7 Å². The van der Waals surface area contributed by atoms with Crippen molar-refractivity contribution in [3.8, 4) is 0 Å². The molecule has 0 aromatic heterocycles. The van der Waals surface area contributed by atoms with Crippen LogP contribution in [0.3, 0.4) is 0 Å². The molecule has 3 rings (SSSR count). The van der Waals surface area contributed by atoms with Gasteiger partial charge in [-0.2, -0.15) is 4.99 Å². The van der Waals surface area contributed by atoms with Crippen molar-refractivity contribution in [2.24, 2.45) is 4.99 Å². The lowest BCUT2D eigenvalue weighted by Gasteiger charge is -2.18. The van der Waals surface area contributed by atoms with Gasteiger partial charge in [-0.15, -0.1) is 0 Å². The van der Waals surface area contributed by atoms with Gasteiger partial charge in [0.25, 0.3) is 0 Å². The van der Waals surface area contributed by atoms with Crippen molar-refractivity contribution < 1.29 is 9.53 Å². The number of carbonyl (C=O) groups excluding carboxylic acids is 1. The number of isocyanates is 1. The maximum atomic E-state index is 10.6. The normalized spacial score (nSPS) is 25.3. The summed E-state index contributed by atoms with van der Waals surface area (Å²) in [4.78, 5) is 14.6. The number of benzene rings is 1. The number of aliphatic imine (C=N–C) groups is 1. The third-order valence-corrected chi connectivity index (χ3v) is 3.81. The molecular formula is C14H15NO2. The smallest absolute Gasteiger partial charge is 0.235 e. The van der Waals surface area contributed by atoms with E-state index in [1.54, 1.807) is 6.08 Å². The Bertz CT molecular complexity index is 467. The van der Waals surface area contributed by atoms with Crippen LogP contribution in [0.25, 0.3) is 0 Å². The van der Waals surface area contributed by atoms with Crippen molar-refractivity contribution in [2.75, 3.05) is 13.2 Å². The summed E-state index contributed by atoms with van der Waals surface area (Å²) in [6, 6.07) is 8.32. The van der Waals surface area contributed by atoms with Gasteiger partial charge in [-0.3, -0.25) is 0 Å². The predicted octanol–water partition coefficient (Wildman–Crippen LogP) is 2.52. The monoisotopic (exact) mass is 229 g/mol. The molecule has 1 heterocycles. The van der Waals surface area contributed by atoms with Crippen molar-refractivity contribution >= 4 is 6.08 Å². The van der Waals surface area contributed by atoms with Gasteiger partial charge < -0.3 is 4.74 Å². The lowest BCUT2D eigenvalue weighted by atomic mass is 9.89. The van der Waals surface area contributed by atoms with E-state index in [0.717, 1.165) is 32.5 Å². The Balaban J connectivity index is 2.01. The largest absolute Gasteiger partial charge is 0.381 e. The first-order valence-electron chi connectivity index (χ1n) is 6.12. The zero-order valence-corrected chi connectivity index (χ0v) is 9.69. The maximum absolute atomic E-state index is 10.6. The number of hydrogen-bond donors (Lipinski definition) is 0. The molecule has 0 radical (unpaired) electrons. The first-order valence-corrected chi connectivity index (χ1v) is 6.12.